The second-order valence-electron chi connectivity index (χ2n) is 9.42. The third-order valence-corrected chi connectivity index (χ3v) is 7.05. The Balaban J connectivity index is 0.00000518. The Hall–Kier alpha value is -4.15. The molecule has 0 aliphatic carbocycles. The number of rotatable bonds is 9. The van der Waals surface area contributed by atoms with Crippen molar-refractivity contribution in [1.82, 2.24) is 4.90 Å². The number of aliphatic hydroxyl groups is 1. The van der Waals surface area contributed by atoms with Crippen LogP contribution in [0, 0.1) is 23.0 Å². The molecule has 1 amide bonds. The Morgan fingerprint density at radius 3 is 1.91 bits per heavy atom. The maximum absolute atomic E-state index is 14.5. The summed E-state index contributed by atoms with van der Waals surface area (Å²) in [4.78, 5) is 13.9. The van der Waals surface area contributed by atoms with Crippen molar-refractivity contribution in [2.75, 3.05) is 13.4 Å². The number of benzene rings is 2. The fourth-order valence-corrected chi connectivity index (χ4v) is 4.48. The molecule has 0 heterocycles. The summed E-state index contributed by atoms with van der Waals surface area (Å²) >= 11 is 1.08. The van der Waals surface area contributed by atoms with Crippen molar-refractivity contribution >= 4 is 28.9 Å². The van der Waals surface area contributed by atoms with Gasteiger partial charge in [0.2, 0.25) is 5.91 Å². The van der Waals surface area contributed by atoms with Crippen LogP contribution in [0.3, 0.4) is 0 Å². The van der Waals surface area contributed by atoms with E-state index in [-0.39, 0.29) is 16.8 Å². The van der Waals surface area contributed by atoms with E-state index in [1.807, 2.05) is 0 Å². The van der Waals surface area contributed by atoms with Gasteiger partial charge in [0.15, 0.2) is 0 Å². The lowest BCUT2D eigenvalue weighted by Gasteiger charge is -2.26. The van der Waals surface area contributed by atoms with Crippen molar-refractivity contribution in [2.45, 2.75) is 46.6 Å². The van der Waals surface area contributed by atoms with Crippen LogP contribution in [-0.4, -0.2) is 41.6 Å². The van der Waals surface area contributed by atoms with Gasteiger partial charge < -0.3 is 10.0 Å². The van der Waals surface area contributed by atoms with Gasteiger partial charge in [0.05, 0.1) is 29.5 Å². The number of carbonyl (C=O) groups excluding carboxylic acids is 1. The van der Waals surface area contributed by atoms with Gasteiger partial charge in [-0.1, -0.05) is 36.4 Å². The highest BCUT2D eigenvalue weighted by molar-refractivity contribution is 8.02. The third kappa shape index (κ3) is 11.3. The molecule has 2 aromatic rings. The summed E-state index contributed by atoms with van der Waals surface area (Å²) in [5, 5.41) is 16.2. The Bertz CT molecular complexity index is 1580. The number of halogens is 8. The van der Waals surface area contributed by atoms with Crippen LogP contribution in [0.5, 0.6) is 0 Å². The van der Waals surface area contributed by atoms with E-state index < -0.39 is 53.2 Å². The summed E-state index contributed by atoms with van der Waals surface area (Å²) in [6, 6.07) is 9.81. The van der Waals surface area contributed by atoms with Crippen LogP contribution in [0.4, 0.5) is 35.1 Å². The fourth-order valence-electron chi connectivity index (χ4n) is 3.95. The lowest BCUT2D eigenvalue weighted by Crippen LogP contribution is -2.28. The number of alkyl halides is 6. The van der Waals surface area contributed by atoms with Crippen molar-refractivity contribution in [3.05, 3.63) is 117 Å². The van der Waals surface area contributed by atoms with Crippen LogP contribution in [0.2, 0.25) is 0 Å². The van der Waals surface area contributed by atoms with Gasteiger partial charge in [0, 0.05) is 36.1 Å². The lowest BCUT2D eigenvalue weighted by atomic mass is 10.00. The minimum Gasteiger partial charge on any atom is -0.400 e. The number of nitrogens with zero attached hydrogens (tertiary/aromatic N) is 2. The second-order valence-corrected chi connectivity index (χ2v) is 10.3. The molecular formula is C33H32F8N2O2S. The largest absolute Gasteiger partial charge is 0.417 e. The second kappa shape index (κ2) is 17.5. The molecule has 0 fully saturated rings. The van der Waals surface area contributed by atoms with E-state index >= 15 is 0 Å². The topological polar surface area (TPSA) is 64.3 Å². The van der Waals surface area contributed by atoms with Gasteiger partial charge in [-0.25, -0.2) is 8.78 Å². The molecule has 0 atom stereocenters. The highest BCUT2D eigenvalue weighted by Gasteiger charge is 2.35. The van der Waals surface area contributed by atoms with E-state index in [2.05, 4.69) is 0 Å². The molecule has 0 aromatic heterocycles. The van der Waals surface area contributed by atoms with Crippen LogP contribution >= 0.6 is 11.8 Å². The van der Waals surface area contributed by atoms with Crippen molar-refractivity contribution < 1.29 is 45.0 Å². The molecule has 0 bridgehead atoms. The zero-order chi connectivity index (χ0) is 35.4. The Labute approximate surface area is 266 Å². The number of carbonyl (C=O) groups is 1. The molecule has 0 aliphatic rings. The SMILES string of the molecule is CO.C\C=C(/C=C(\C=C(/C)c1ccc(/C(=C/C(=C(\C)C#N)C(F)(F)F)N(Cc2ccc(F)cc2F)C(C)=O)cc1)SC)C(F)(F)F. The first-order chi connectivity index (χ1) is 21.4. The molecule has 46 heavy (non-hydrogen) atoms. The van der Waals surface area contributed by atoms with E-state index in [1.165, 1.54) is 43.3 Å². The Morgan fingerprint density at radius 2 is 1.48 bits per heavy atom. The van der Waals surface area contributed by atoms with E-state index in [1.54, 1.807) is 13.2 Å². The zero-order valence-corrected chi connectivity index (χ0v) is 26.6. The van der Waals surface area contributed by atoms with Gasteiger partial charge in [-0.3, -0.25) is 4.79 Å². The van der Waals surface area contributed by atoms with Crippen molar-refractivity contribution in [3.8, 4) is 6.07 Å². The van der Waals surface area contributed by atoms with Crippen LogP contribution in [-0.2, 0) is 11.3 Å². The van der Waals surface area contributed by atoms with Gasteiger partial charge in [0.1, 0.15) is 11.6 Å². The number of hydrogen-bond acceptors (Lipinski definition) is 4. The average molecular weight is 673 g/mol. The molecule has 0 saturated heterocycles. The van der Waals surface area contributed by atoms with Gasteiger partial charge in [-0.2, -0.15) is 31.6 Å². The minimum absolute atomic E-state index is 0.0839. The van der Waals surface area contributed by atoms with Gasteiger partial charge in [-0.05, 0) is 68.0 Å². The molecule has 0 radical (unpaired) electrons. The van der Waals surface area contributed by atoms with Crippen LogP contribution in [0.15, 0.2) is 88.4 Å². The molecule has 0 aliphatic heterocycles. The lowest BCUT2D eigenvalue weighted by molar-refractivity contribution is -0.126. The molecule has 1 N–H and O–H groups in total. The number of amides is 1. The van der Waals surface area contributed by atoms with E-state index in [0.29, 0.717) is 28.2 Å². The predicted octanol–water partition coefficient (Wildman–Crippen LogP) is 9.52. The van der Waals surface area contributed by atoms with Crippen LogP contribution in [0.25, 0.3) is 11.3 Å². The zero-order valence-electron chi connectivity index (χ0n) is 25.7. The summed E-state index contributed by atoms with van der Waals surface area (Å²) in [6.07, 6.45) is -3.86. The molecule has 0 saturated carbocycles. The van der Waals surface area contributed by atoms with Gasteiger partial charge in [0.25, 0.3) is 0 Å². The molecule has 248 valence electrons. The van der Waals surface area contributed by atoms with Crippen molar-refractivity contribution in [3.63, 3.8) is 0 Å². The van der Waals surface area contributed by atoms with Crippen molar-refractivity contribution in [1.29, 1.82) is 5.26 Å². The minimum atomic E-state index is -4.99. The number of thioether (sulfide) groups is 1. The van der Waals surface area contributed by atoms with E-state index in [4.69, 9.17) is 5.11 Å². The molecular weight excluding hydrogens is 640 g/mol. The summed E-state index contributed by atoms with van der Waals surface area (Å²) in [6.45, 7) is 4.36. The van der Waals surface area contributed by atoms with Gasteiger partial charge >= 0.3 is 12.4 Å². The first-order valence-corrected chi connectivity index (χ1v) is 14.5. The number of hydrogen-bond donors (Lipinski definition) is 1. The first-order valence-electron chi connectivity index (χ1n) is 13.3. The summed E-state index contributed by atoms with van der Waals surface area (Å²) in [5.74, 6) is -2.67. The maximum atomic E-state index is 14.5. The molecule has 2 aromatic carbocycles. The molecule has 2 rings (SSSR count). The molecule has 0 unspecified atom stereocenters. The quantitative estimate of drug-likeness (QED) is 0.164. The fraction of sp³-hybridized carbons (Fsp3) is 0.273. The monoisotopic (exact) mass is 672 g/mol. The highest BCUT2D eigenvalue weighted by Crippen LogP contribution is 2.35. The first kappa shape index (κ1) is 39.9. The maximum Gasteiger partial charge on any atom is 0.417 e. The smallest absolute Gasteiger partial charge is 0.400 e. The highest BCUT2D eigenvalue weighted by atomic mass is 32.2. The summed E-state index contributed by atoms with van der Waals surface area (Å²) in [5.41, 5.74) is -2.20. The predicted molar refractivity (Wildman–Crippen MR) is 165 cm³/mol. The standard InChI is InChI=1S/C32H28F8N2OS.CH4O/c1-6-25(31(35,36)37)14-27(44-5)13-19(2)22-7-9-23(10-8-22)30(16-28(20(3)17-41)32(38,39)40)42(21(4)43)18-24-11-12-26(33)15-29(24)34;1-2/h6-16H,18H2,1-5H3;2H,1H3/b19-13+,25-6+,27-14+,28-20-,30-16-;. The molecule has 4 nitrogen and oxygen atoms in total. The number of aliphatic hydroxyl groups excluding tert-OH is 1. The third-order valence-electron chi connectivity index (χ3n) is 6.34. The van der Waals surface area contributed by atoms with Gasteiger partial charge in [-0.15, -0.1) is 11.8 Å². The van der Waals surface area contributed by atoms with Crippen LogP contribution in [0.1, 0.15) is 44.4 Å². The summed E-state index contributed by atoms with van der Waals surface area (Å²) < 4.78 is 110. The number of nitriles is 1. The molecule has 0 spiro atoms. The normalized spacial score (nSPS) is 13.8. The average Bonchev–Trinajstić information content (AvgIpc) is 2.99. The van der Waals surface area contributed by atoms with Crippen LogP contribution < -0.4 is 0 Å². The van der Waals surface area contributed by atoms with E-state index in [0.717, 1.165) is 61.9 Å². The van der Waals surface area contributed by atoms with Crippen molar-refractivity contribution in [2.24, 2.45) is 0 Å². The molecule has 13 heteroatoms. The van der Waals surface area contributed by atoms with E-state index in [9.17, 15) is 45.2 Å². The Kier molecular flexibility index (Phi) is 15.2. The Morgan fingerprint density at radius 1 is 0.913 bits per heavy atom. The number of allylic oxidation sites excluding steroid dienone is 8. The summed E-state index contributed by atoms with van der Waals surface area (Å²) in [7, 11) is 1.00.